The summed E-state index contributed by atoms with van der Waals surface area (Å²) in [6.07, 6.45) is -0.0225. The van der Waals surface area contributed by atoms with E-state index in [4.69, 9.17) is 19.9 Å². The lowest BCUT2D eigenvalue weighted by Crippen LogP contribution is -2.28. The van der Waals surface area contributed by atoms with Gasteiger partial charge in [-0.25, -0.2) is 0 Å². The highest BCUT2D eigenvalue weighted by molar-refractivity contribution is 5.91. The summed E-state index contributed by atoms with van der Waals surface area (Å²) in [6, 6.07) is 7.15. The molecule has 0 aromatic heterocycles. The number of rotatable bonds is 9. The van der Waals surface area contributed by atoms with Gasteiger partial charge in [-0.1, -0.05) is 0 Å². The van der Waals surface area contributed by atoms with E-state index in [9.17, 15) is 4.79 Å². The Bertz CT molecular complexity index is 396. The average molecular weight is 319 g/mol. The van der Waals surface area contributed by atoms with Crippen LogP contribution in [0.2, 0.25) is 0 Å². The SMILES string of the molecule is COCCOc1ccc(NC(=O)CC(CN)OC)cc1.Cl. The van der Waals surface area contributed by atoms with E-state index in [-0.39, 0.29) is 30.8 Å². The molecule has 0 spiro atoms. The first-order valence-corrected chi connectivity index (χ1v) is 6.44. The summed E-state index contributed by atoms with van der Waals surface area (Å²) >= 11 is 0. The van der Waals surface area contributed by atoms with Crippen LogP contribution in [0.5, 0.6) is 5.75 Å². The molecule has 1 amide bonds. The summed E-state index contributed by atoms with van der Waals surface area (Å²) in [6.45, 7) is 1.35. The van der Waals surface area contributed by atoms with Gasteiger partial charge in [0.05, 0.1) is 19.1 Å². The van der Waals surface area contributed by atoms with Crippen LogP contribution < -0.4 is 15.8 Å². The first-order chi connectivity index (χ1) is 9.69. The molecule has 0 fully saturated rings. The van der Waals surface area contributed by atoms with Crippen molar-refractivity contribution < 1.29 is 19.0 Å². The van der Waals surface area contributed by atoms with Crippen molar-refractivity contribution in [2.45, 2.75) is 12.5 Å². The van der Waals surface area contributed by atoms with E-state index in [0.29, 0.717) is 25.4 Å². The zero-order chi connectivity index (χ0) is 14.8. The Morgan fingerprint density at radius 1 is 1.24 bits per heavy atom. The van der Waals surface area contributed by atoms with Crippen LogP contribution in [-0.2, 0) is 14.3 Å². The molecule has 21 heavy (non-hydrogen) atoms. The zero-order valence-electron chi connectivity index (χ0n) is 12.3. The Hall–Kier alpha value is -1.34. The van der Waals surface area contributed by atoms with Crippen molar-refractivity contribution in [3.05, 3.63) is 24.3 Å². The summed E-state index contributed by atoms with van der Waals surface area (Å²) in [5.74, 6) is 0.604. The Kier molecular flexibility index (Phi) is 10.6. The molecule has 120 valence electrons. The fourth-order valence-corrected chi connectivity index (χ4v) is 1.56. The van der Waals surface area contributed by atoms with E-state index in [1.807, 2.05) is 0 Å². The molecular formula is C14H23ClN2O4. The molecule has 0 saturated carbocycles. The number of benzene rings is 1. The van der Waals surface area contributed by atoms with E-state index >= 15 is 0 Å². The maximum absolute atomic E-state index is 11.7. The second kappa shape index (κ2) is 11.3. The third-order valence-corrected chi connectivity index (χ3v) is 2.70. The molecule has 6 nitrogen and oxygen atoms in total. The van der Waals surface area contributed by atoms with E-state index in [0.717, 1.165) is 5.75 Å². The molecule has 0 aliphatic carbocycles. The number of carbonyl (C=O) groups is 1. The monoisotopic (exact) mass is 318 g/mol. The molecule has 1 aromatic rings. The molecule has 0 heterocycles. The molecule has 0 radical (unpaired) electrons. The largest absolute Gasteiger partial charge is 0.491 e. The molecule has 0 saturated heterocycles. The third kappa shape index (κ3) is 7.87. The summed E-state index contributed by atoms with van der Waals surface area (Å²) < 4.78 is 15.4. The van der Waals surface area contributed by atoms with Crippen LogP contribution in [0.1, 0.15) is 6.42 Å². The number of methoxy groups -OCH3 is 2. The van der Waals surface area contributed by atoms with Crippen LogP contribution in [0.25, 0.3) is 0 Å². The number of nitrogens with one attached hydrogen (secondary N) is 1. The predicted molar refractivity (Wildman–Crippen MR) is 84.2 cm³/mol. The minimum absolute atomic E-state index is 0. The van der Waals surface area contributed by atoms with Gasteiger partial charge in [-0.15, -0.1) is 12.4 Å². The summed E-state index contributed by atoms with van der Waals surface area (Å²) in [7, 11) is 3.16. The fraction of sp³-hybridized carbons (Fsp3) is 0.500. The topological polar surface area (TPSA) is 82.8 Å². The Morgan fingerprint density at radius 2 is 1.90 bits per heavy atom. The van der Waals surface area contributed by atoms with E-state index < -0.39 is 0 Å². The van der Waals surface area contributed by atoms with Crippen molar-refractivity contribution in [2.24, 2.45) is 5.73 Å². The second-order valence-electron chi connectivity index (χ2n) is 4.21. The lowest BCUT2D eigenvalue weighted by Gasteiger charge is -2.13. The van der Waals surface area contributed by atoms with Crippen LogP contribution in [-0.4, -0.2) is 46.0 Å². The lowest BCUT2D eigenvalue weighted by atomic mass is 10.2. The summed E-state index contributed by atoms with van der Waals surface area (Å²) in [5, 5.41) is 2.78. The summed E-state index contributed by atoms with van der Waals surface area (Å²) in [4.78, 5) is 11.7. The average Bonchev–Trinajstić information content (AvgIpc) is 2.47. The van der Waals surface area contributed by atoms with Crippen LogP contribution in [0, 0.1) is 0 Å². The summed E-state index contributed by atoms with van der Waals surface area (Å²) in [5.41, 5.74) is 6.18. The quantitative estimate of drug-likeness (QED) is 0.673. The number of hydrogen-bond acceptors (Lipinski definition) is 5. The standard InChI is InChI=1S/C14H22N2O4.ClH/c1-18-7-8-20-12-5-3-11(4-6-12)16-14(17)9-13(10-15)19-2;/h3-6,13H,7-10,15H2,1-2H3,(H,16,17);1H. The van der Waals surface area contributed by atoms with Gasteiger partial charge in [-0.05, 0) is 24.3 Å². The molecular weight excluding hydrogens is 296 g/mol. The number of anilines is 1. The first kappa shape index (κ1) is 19.7. The van der Waals surface area contributed by atoms with Crippen LogP contribution >= 0.6 is 12.4 Å². The predicted octanol–water partition coefficient (Wildman–Crippen LogP) is 1.44. The van der Waals surface area contributed by atoms with Crippen LogP contribution in [0.15, 0.2) is 24.3 Å². The van der Waals surface area contributed by atoms with Crippen molar-refractivity contribution in [1.82, 2.24) is 0 Å². The van der Waals surface area contributed by atoms with Gasteiger partial charge in [0.2, 0.25) is 5.91 Å². The molecule has 0 aliphatic heterocycles. The van der Waals surface area contributed by atoms with Gasteiger partial charge in [-0.2, -0.15) is 0 Å². The molecule has 1 atom stereocenters. The molecule has 0 bridgehead atoms. The number of nitrogens with two attached hydrogens (primary N) is 1. The minimum Gasteiger partial charge on any atom is -0.491 e. The van der Waals surface area contributed by atoms with Gasteiger partial charge in [0, 0.05) is 26.5 Å². The number of halogens is 1. The second-order valence-corrected chi connectivity index (χ2v) is 4.21. The number of hydrogen-bond donors (Lipinski definition) is 2. The third-order valence-electron chi connectivity index (χ3n) is 2.70. The molecule has 7 heteroatoms. The minimum atomic E-state index is -0.258. The molecule has 0 aliphatic rings. The number of ether oxygens (including phenoxy) is 3. The Labute approximate surface area is 131 Å². The number of carbonyl (C=O) groups excluding carboxylic acids is 1. The van der Waals surface area contributed by atoms with E-state index in [1.54, 1.807) is 31.4 Å². The van der Waals surface area contributed by atoms with Gasteiger partial charge in [0.25, 0.3) is 0 Å². The maximum Gasteiger partial charge on any atom is 0.227 e. The van der Waals surface area contributed by atoms with Crippen LogP contribution in [0.3, 0.4) is 0 Å². The molecule has 3 N–H and O–H groups in total. The lowest BCUT2D eigenvalue weighted by molar-refractivity contribution is -0.118. The van der Waals surface area contributed by atoms with Crippen molar-refractivity contribution >= 4 is 24.0 Å². The normalized spacial score (nSPS) is 11.4. The van der Waals surface area contributed by atoms with E-state index in [1.165, 1.54) is 7.11 Å². The Balaban J connectivity index is 0.00000400. The smallest absolute Gasteiger partial charge is 0.227 e. The molecule has 1 unspecified atom stereocenters. The fourth-order valence-electron chi connectivity index (χ4n) is 1.56. The molecule has 1 rings (SSSR count). The van der Waals surface area contributed by atoms with Gasteiger partial charge < -0.3 is 25.3 Å². The Morgan fingerprint density at radius 3 is 2.43 bits per heavy atom. The van der Waals surface area contributed by atoms with E-state index in [2.05, 4.69) is 5.32 Å². The molecule has 1 aromatic carbocycles. The maximum atomic E-state index is 11.7. The van der Waals surface area contributed by atoms with Gasteiger partial charge >= 0.3 is 0 Å². The van der Waals surface area contributed by atoms with Gasteiger partial charge in [0.1, 0.15) is 12.4 Å². The van der Waals surface area contributed by atoms with Crippen molar-refractivity contribution in [3.8, 4) is 5.75 Å². The highest BCUT2D eigenvalue weighted by atomic mass is 35.5. The highest BCUT2D eigenvalue weighted by Gasteiger charge is 2.11. The first-order valence-electron chi connectivity index (χ1n) is 6.44. The zero-order valence-corrected chi connectivity index (χ0v) is 13.2. The van der Waals surface area contributed by atoms with Gasteiger partial charge in [0.15, 0.2) is 0 Å². The van der Waals surface area contributed by atoms with Crippen molar-refractivity contribution in [3.63, 3.8) is 0 Å². The highest BCUT2D eigenvalue weighted by Crippen LogP contribution is 2.16. The van der Waals surface area contributed by atoms with Gasteiger partial charge in [-0.3, -0.25) is 4.79 Å². The van der Waals surface area contributed by atoms with Crippen molar-refractivity contribution in [1.29, 1.82) is 0 Å². The van der Waals surface area contributed by atoms with Crippen LogP contribution in [0.4, 0.5) is 5.69 Å². The number of amides is 1. The van der Waals surface area contributed by atoms with Crippen molar-refractivity contribution in [2.75, 3.05) is 39.3 Å².